The Morgan fingerprint density at radius 2 is 2.00 bits per heavy atom. The Balaban J connectivity index is 2.26. The normalized spacial score (nSPS) is 30.9. The highest BCUT2D eigenvalue weighted by atomic mass is 35.7. The molecule has 0 nitrogen and oxygen atoms in total. The fourth-order valence-corrected chi connectivity index (χ4v) is 6.82. The molecule has 0 fully saturated rings. The average molecular weight is 261 g/mol. The van der Waals surface area contributed by atoms with Gasteiger partial charge < -0.3 is 0 Å². The number of hydrogen-bond acceptors (Lipinski definition) is 0. The molecule has 0 aromatic heterocycles. The van der Waals surface area contributed by atoms with E-state index in [1.54, 1.807) is 0 Å². The predicted molar refractivity (Wildman–Crippen MR) is 72.4 cm³/mol. The fraction of sp³-hybridized carbons (Fsp3) is 0.417. The third-order valence-electron chi connectivity index (χ3n) is 2.98. The Morgan fingerprint density at radius 1 is 1.33 bits per heavy atom. The van der Waals surface area contributed by atoms with Gasteiger partial charge in [0, 0.05) is 10.9 Å². The van der Waals surface area contributed by atoms with Crippen molar-refractivity contribution in [2.75, 3.05) is 6.16 Å². The zero-order chi connectivity index (χ0) is 10.9. The van der Waals surface area contributed by atoms with Gasteiger partial charge in [-0.2, -0.15) is 0 Å². The van der Waals surface area contributed by atoms with E-state index in [-0.39, 0.29) is 0 Å². The van der Waals surface area contributed by atoms with Gasteiger partial charge in [-0.25, -0.2) is 0 Å². The van der Waals surface area contributed by atoms with Crippen LogP contribution in [0.5, 0.6) is 0 Å². The molecule has 2 atom stereocenters. The average Bonchev–Trinajstić information content (AvgIpc) is 2.48. The minimum atomic E-state index is -1.53. The molecule has 2 rings (SSSR count). The molecule has 1 aliphatic rings. The smallest absolute Gasteiger partial charge is 0.0326 e. The molecule has 0 spiro atoms. The highest BCUT2D eigenvalue weighted by molar-refractivity contribution is 8.00. The van der Waals surface area contributed by atoms with Crippen molar-refractivity contribution < 1.29 is 0 Å². The minimum absolute atomic E-state index is 0.501. The molecular weight excluding hydrogens is 246 g/mol. The molecule has 3 heteroatoms. The Morgan fingerprint density at radius 3 is 2.53 bits per heavy atom. The van der Waals surface area contributed by atoms with Crippen molar-refractivity contribution in [1.29, 1.82) is 0 Å². The summed E-state index contributed by atoms with van der Waals surface area (Å²) in [7, 11) is 0. The van der Waals surface area contributed by atoms with Gasteiger partial charge in [-0.05, 0) is 30.3 Å². The van der Waals surface area contributed by atoms with Crippen molar-refractivity contribution in [2.45, 2.75) is 19.5 Å². The van der Waals surface area contributed by atoms with Crippen molar-refractivity contribution in [3.8, 4) is 0 Å². The third-order valence-corrected chi connectivity index (χ3v) is 9.04. The molecule has 0 saturated carbocycles. The van der Waals surface area contributed by atoms with Crippen molar-refractivity contribution in [3.63, 3.8) is 0 Å². The molecule has 1 heterocycles. The van der Waals surface area contributed by atoms with E-state index in [4.69, 9.17) is 22.8 Å². The van der Waals surface area contributed by atoms with E-state index in [1.165, 1.54) is 5.56 Å². The number of hydrogen-bond donors (Lipinski definition) is 0. The summed E-state index contributed by atoms with van der Waals surface area (Å²) in [6.07, 6.45) is 1.68. The maximum atomic E-state index is 6.69. The zero-order valence-electron chi connectivity index (χ0n) is 8.79. The molecule has 0 radical (unpaired) electrons. The van der Waals surface area contributed by atoms with Crippen LogP contribution in [0.25, 0.3) is 0 Å². The minimum Gasteiger partial charge on any atom is -0.0962 e. The topological polar surface area (TPSA) is 0 Å². The van der Waals surface area contributed by atoms with Crippen LogP contribution in [0.1, 0.15) is 18.9 Å². The summed E-state index contributed by atoms with van der Waals surface area (Å²) < 4.78 is 1.05. The van der Waals surface area contributed by atoms with Gasteiger partial charge in [-0.15, -0.1) is 0 Å². The van der Waals surface area contributed by atoms with Crippen molar-refractivity contribution in [1.82, 2.24) is 0 Å². The molecule has 1 aromatic carbocycles. The van der Waals surface area contributed by atoms with Gasteiger partial charge in [0.2, 0.25) is 0 Å². The number of halogens is 2. The van der Waals surface area contributed by atoms with Gasteiger partial charge in [0.1, 0.15) is 0 Å². The van der Waals surface area contributed by atoms with Crippen LogP contribution in [0, 0.1) is 5.92 Å². The SMILES string of the molecule is CC1CCP(Cl)(Cc2ccccc2)=C1Cl. The molecular formula is C12H15Cl2P. The second kappa shape index (κ2) is 4.53. The Kier molecular flexibility index (Phi) is 3.50. The second-order valence-corrected chi connectivity index (χ2v) is 9.83. The molecule has 0 aliphatic carbocycles. The van der Waals surface area contributed by atoms with Gasteiger partial charge in [-0.3, -0.25) is 0 Å². The first kappa shape index (κ1) is 11.6. The van der Waals surface area contributed by atoms with Gasteiger partial charge in [0.25, 0.3) is 0 Å². The number of rotatable bonds is 2. The molecule has 1 aliphatic heterocycles. The predicted octanol–water partition coefficient (Wildman–Crippen LogP) is 4.77. The molecule has 2 unspecified atom stereocenters. The molecule has 0 amide bonds. The van der Waals surface area contributed by atoms with E-state index in [1.807, 2.05) is 6.07 Å². The van der Waals surface area contributed by atoms with Crippen molar-refractivity contribution >= 4 is 33.8 Å². The van der Waals surface area contributed by atoms with Gasteiger partial charge in [0.05, 0.1) is 0 Å². The number of benzene rings is 1. The van der Waals surface area contributed by atoms with Crippen LogP contribution >= 0.6 is 29.1 Å². The van der Waals surface area contributed by atoms with E-state index in [0.717, 1.165) is 23.5 Å². The standard InChI is InChI=1S/C12H15Cl2P/c1-10-7-8-15(14,12(10)13)9-11-5-3-2-4-6-11/h2-6,10H,7-9H2,1H3. The van der Waals surface area contributed by atoms with Crippen LogP contribution in [0.4, 0.5) is 0 Å². The summed E-state index contributed by atoms with van der Waals surface area (Å²) in [5, 5.41) is 0. The summed E-state index contributed by atoms with van der Waals surface area (Å²) in [4.78, 5) is 0. The summed E-state index contributed by atoms with van der Waals surface area (Å²) in [6, 6.07) is 10.4. The molecule has 0 N–H and O–H groups in total. The van der Waals surface area contributed by atoms with Crippen molar-refractivity contribution in [3.05, 3.63) is 35.9 Å². The van der Waals surface area contributed by atoms with Crippen LogP contribution in [0.3, 0.4) is 0 Å². The maximum absolute atomic E-state index is 6.69. The molecule has 0 saturated heterocycles. The molecule has 15 heavy (non-hydrogen) atoms. The summed E-state index contributed by atoms with van der Waals surface area (Å²) >= 11 is 13.0. The largest absolute Gasteiger partial charge is 0.0962 e. The highest BCUT2D eigenvalue weighted by Gasteiger charge is 2.30. The van der Waals surface area contributed by atoms with E-state index in [0.29, 0.717) is 5.92 Å². The third kappa shape index (κ3) is 2.44. The first-order valence-corrected chi connectivity index (χ1v) is 8.69. The summed E-state index contributed by atoms with van der Waals surface area (Å²) in [5.74, 6) is 0.501. The van der Waals surface area contributed by atoms with E-state index < -0.39 is 6.24 Å². The van der Waals surface area contributed by atoms with E-state index >= 15 is 0 Å². The zero-order valence-corrected chi connectivity index (χ0v) is 11.2. The quantitative estimate of drug-likeness (QED) is 0.673. The van der Waals surface area contributed by atoms with Crippen molar-refractivity contribution in [2.24, 2.45) is 5.92 Å². The molecule has 0 bridgehead atoms. The Hall–Kier alpha value is 0.1000. The first-order chi connectivity index (χ1) is 7.12. The second-order valence-electron chi connectivity index (χ2n) is 4.24. The van der Waals surface area contributed by atoms with Crippen LogP contribution in [0.2, 0.25) is 0 Å². The highest BCUT2D eigenvalue weighted by Crippen LogP contribution is 2.63. The lowest BCUT2D eigenvalue weighted by molar-refractivity contribution is 0.776. The van der Waals surface area contributed by atoms with Crippen LogP contribution in [-0.4, -0.2) is 10.9 Å². The van der Waals surface area contributed by atoms with E-state index in [2.05, 4.69) is 31.2 Å². The Bertz CT molecular complexity index is 397. The lowest BCUT2D eigenvalue weighted by Gasteiger charge is -2.15. The first-order valence-electron chi connectivity index (χ1n) is 5.25. The monoisotopic (exact) mass is 260 g/mol. The lowest BCUT2D eigenvalue weighted by atomic mass is 10.2. The van der Waals surface area contributed by atoms with Crippen LogP contribution in [-0.2, 0) is 6.16 Å². The van der Waals surface area contributed by atoms with E-state index in [9.17, 15) is 0 Å². The van der Waals surface area contributed by atoms with Crippen LogP contribution in [0.15, 0.2) is 30.3 Å². The molecule has 1 aromatic rings. The lowest BCUT2D eigenvalue weighted by Crippen LogP contribution is -1.96. The summed E-state index contributed by atoms with van der Waals surface area (Å²) in [5.41, 5.74) is 1.31. The molecule has 82 valence electrons. The van der Waals surface area contributed by atoms with Gasteiger partial charge in [-0.1, -0.05) is 60.1 Å². The maximum Gasteiger partial charge on any atom is 0.0326 e. The van der Waals surface area contributed by atoms with Crippen LogP contribution < -0.4 is 0 Å². The fourth-order valence-electron chi connectivity index (χ4n) is 2.05. The van der Waals surface area contributed by atoms with Gasteiger partial charge in [0.15, 0.2) is 0 Å². The summed E-state index contributed by atoms with van der Waals surface area (Å²) in [6.45, 7) is 2.18. The van der Waals surface area contributed by atoms with Gasteiger partial charge >= 0.3 is 0 Å². The Labute approximate surface area is 101 Å².